The summed E-state index contributed by atoms with van der Waals surface area (Å²) in [6, 6.07) is 41.4. The number of hydrogen-bond acceptors (Lipinski definition) is 6. The minimum Gasteiger partial charge on any atom is -0.509 e. The van der Waals surface area contributed by atoms with Crippen LogP contribution >= 0.6 is 0 Å². The van der Waals surface area contributed by atoms with E-state index >= 15 is 0 Å². The van der Waals surface area contributed by atoms with E-state index in [1.54, 1.807) is 6.33 Å². The first-order valence-corrected chi connectivity index (χ1v) is 18.5. The summed E-state index contributed by atoms with van der Waals surface area (Å²) in [4.78, 5) is 17.8. The fourth-order valence-electron chi connectivity index (χ4n) is 8.06. The van der Waals surface area contributed by atoms with Crippen LogP contribution in [0, 0.1) is 32.6 Å². The number of aryl methyl sites for hydroxylation is 2. The van der Waals surface area contributed by atoms with Crippen LogP contribution in [0.2, 0.25) is 0 Å². The molecule has 0 spiro atoms. The largest absolute Gasteiger partial charge is 0.509 e. The Hall–Kier alpha value is -5.98. The van der Waals surface area contributed by atoms with Crippen LogP contribution in [-0.2, 0) is 26.5 Å². The maximum absolute atomic E-state index is 6.70. The molecule has 10 rings (SSSR count). The van der Waals surface area contributed by atoms with E-state index in [-0.39, 0.29) is 26.5 Å². The zero-order valence-corrected chi connectivity index (χ0v) is 34.2. The van der Waals surface area contributed by atoms with Crippen molar-refractivity contribution in [2.24, 2.45) is 0 Å². The molecule has 5 heterocycles. The van der Waals surface area contributed by atoms with Crippen molar-refractivity contribution in [3.63, 3.8) is 0 Å². The molecule has 56 heavy (non-hydrogen) atoms. The fourth-order valence-corrected chi connectivity index (χ4v) is 8.06. The van der Waals surface area contributed by atoms with E-state index in [9.17, 15) is 0 Å². The molecule has 0 radical (unpaired) electrons. The van der Waals surface area contributed by atoms with E-state index in [0.29, 0.717) is 11.5 Å². The van der Waals surface area contributed by atoms with Gasteiger partial charge in [0.05, 0.1) is 28.6 Å². The average Bonchev–Trinajstić information content (AvgIpc) is 3.83. The number of anilines is 3. The summed E-state index contributed by atoms with van der Waals surface area (Å²) in [6.07, 6.45) is 5.30. The van der Waals surface area contributed by atoms with Crippen LogP contribution in [0.4, 0.5) is 17.2 Å². The Balaban J connectivity index is 0.00000410. The van der Waals surface area contributed by atoms with Crippen molar-refractivity contribution in [2.45, 2.75) is 40.0 Å². The summed E-state index contributed by atoms with van der Waals surface area (Å²) in [5.74, 6) is 2.81. The number of pyridine rings is 1. The Morgan fingerprint density at radius 2 is 1.45 bits per heavy atom. The molecule has 0 unspecified atom stereocenters. The molecule has 5 aromatic carbocycles. The normalized spacial score (nSPS) is 12.9. The van der Waals surface area contributed by atoms with Gasteiger partial charge < -0.3 is 23.7 Å². The fraction of sp³-hybridized carbons (Fsp3) is 0.149. The zero-order chi connectivity index (χ0) is 37.6. The molecule has 0 saturated carbocycles. The van der Waals surface area contributed by atoms with E-state index in [1.807, 2.05) is 37.1 Å². The monoisotopic (exact) mass is 911 g/mol. The molecule has 0 atom stereocenters. The first-order chi connectivity index (χ1) is 26.6. The van der Waals surface area contributed by atoms with Crippen molar-refractivity contribution < 1.29 is 25.8 Å². The molecule has 0 bridgehead atoms. The van der Waals surface area contributed by atoms with Gasteiger partial charge in [-0.05, 0) is 55.0 Å². The predicted molar refractivity (Wildman–Crippen MR) is 222 cm³/mol. The van der Waals surface area contributed by atoms with Gasteiger partial charge in [0.2, 0.25) is 0 Å². The SMILES string of the molecule is Cc1cccc2c3cccc(C)c3n(-c3ccnc(-n4c5[c-]c(Oc6[c-]c(N7[CH-]N(C)c8ncncc87)cc(C(C)(C)C)c6)ccc5c5ccccc54)c3)c12.[Pt]. The van der Waals surface area contributed by atoms with Crippen LogP contribution in [-0.4, -0.2) is 31.1 Å². The van der Waals surface area contributed by atoms with Crippen molar-refractivity contribution in [1.82, 2.24) is 24.1 Å². The minimum absolute atomic E-state index is 0. The number of hydrogen-bond donors (Lipinski definition) is 0. The summed E-state index contributed by atoms with van der Waals surface area (Å²) < 4.78 is 11.3. The molecular formula is C47H38N7OPt-3. The Morgan fingerprint density at radius 1 is 0.714 bits per heavy atom. The number of benzene rings is 5. The van der Waals surface area contributed by atoms with Crippen LogP contribution < -0.4 is 14.5 Å². The van der Waals surface area contributed by atoms with Gasteiger partial charge in [0, 0.05) is 61.1 Å². The van der Waals surface area contributed by atoms with Crippen LogP contribution in [0.25, 0.3) is 55.1 Å². The maximum Gasteiger partial charge on any atom is 0.137 e. The minimum atomic E-state index is -0.145. The van der Waals surface area contributed by atoms with Crippen LogP contribution in [0.3, 0.4) is 0 Å². The maximum atomic E-state index is 6.70. The molecule has 8 nitrogen and oxygen atoms in total. The average molecular weight is 912 g/mol. The molecule has 0 amide bonds. The first kappa shape index (κ1) is 35.7. The Morgan fingerprint density at radius 3 is 2.20 bits per heavy atom. The second kappa shape index (κ2) is 13.3. The third-order valence-electron chi connectivity index (χ3n) is 10.7. The second-order valence-electron chi connectivity index (χ2n) is 15.4. The van der Waals surface area contributed by atoms with E-state index in [0.717, 1.165) is 56.1 Å². The summed E-state index contributed by atoms with van der Waals surface area (Å²) in [5.41, 5.74) is 10.5. The van der Waals surface area contributed by atoms with Gasteiger partial charge in [0.1, 0.15) is 18.0 Å². The van der Waals surface area contributed by atoms with E-state index in [4.69, 9.17) is 9.72 Å². The Labute approximate surface area is 340 Å². The Bertz CT molecular complexity index is 2930. The van der Waals surface area contributed by atoms with Crippen molar-refractivity contribution in [1.29, 1.82) is 0 Å². The molecule has 9 aromatic rings. The van der Waals surface area contributed by atoms with Gasteiger partial charge in [-0.25, -0.2) is 15.0 Å². The molecule has 9 heteroatoms. The number of ether oxygens (including phenoxy) is 1. The topological polar surface area (TPSA) is 64.2 Å². The van der Waals surface area contributed by atoms with Gasteiger partial charge in [-0.15, -0.1) is 47.0 Å². The molecule has 4 aromatic heterocycles. The third kappa shape index (κ3) is 5.65. The third-order valence-corrected chi connectivity index (χ3v) is 10.7. The number of rotatable bonds is 5. The quantitative estimate of drug-likeness (QED) is 0.160. The van der Waals surface area contributed by atoms with Crippen LogP contribution in [0.15, 0.2) is 116 Å². The number of aromatic nitrogens is 5. The molecule has 0 N–H and O–H groups in total. The summed E-state index contributed by atoms with van der Waals surface area (Å²) in [5, 5.41) is 4.67. The van der Waals surface area contributed by atoms with Crippen molar-refractivity contribution in [3.05, 3.63) is 151 Å². The van der Waals surface area contributed by atoms with Crippen molar-refractivity contribution in [2.75, 3.05) is 16.8 Å². The first-order valence-electron chi connectivity index (χ1n) is 18.5. The number of fused-ring (bicyclic) bond motifs is 7. The smallest absolute Gasteiger partial charge is 0.137 e. The van der Waals surface area contributed by atoms with Crippen molar-refractivity contribution in [3.8, 4) is 23.0 Å². The molecule has 280 valence electrons. The number of nitrogens with zero attached hydrogens (tertiary/aromatic N) is 7. The summed E-state index contributed by atoms with van der Waals surface area (Å²) in [7, 11) is 1.98. The second-order valence-corrected chi connectivity index (χ2v) is 15.4. The van der Waals surface area contributed by atoms with Gasteiger partial charge in [0.15, 0.2) is 0 Å². The van der Waals surface area contributed by atoms with E-state index in [2.05, 4.69) is 162 Å². The molecule has 1 aliphatic heterocycles. The molecule has 0 aliphatic carbocycles. The number of para-hydroxylation sites is 3. The van der Waals surface area contributed by atoms with Gasteiger partial charge in [-0.2, -0.15) is 12.7 Å². The Kier molecular flexibility index (Phi) is 8.51. The van der Waals surface area contributed by atoms with Gasteiger partial charge in [-0.3, -0.25) is 0 Å². The van der Waals surface area contributed by atoms with Gasteiger partial charge >= 0.3 is 0 Å². The van der Waals surface area contributed by atoms with Crippen LogP contribution in [0.5, 0.6) is 11.5 Å². The summed E-state index contributed by atoms with van der Waals surface area (Å²) >= 11 is 0. The van der Waals surface area contributed by atoms with Crippen LogP contribution in [0.1, 0.15) is 37.5 Å². The standard InChI is InChI=1S/C47H38N7O.Pt/c1-29-11-9-14-38-39-15-10-12-30(2)45(39)53(44(29)38)32-19-20-49-43(24-32)54-40-16-8-7-13-36(40)37-18-17-34(25-41(37)54)55-35-22-31(47(3,4)5)21-33(23-35)52-28-51(6)46-42(52)26-48-27-50-46;/h7-22,24,26-28H,1-6H3;/q-3;. The molecule has 1 aliphatic rings. The molecule has 0 fully saturated rings. The zero-order valence-electron chi connectivity index (χ0n) is 31.9. The van der Waals surface area contributed by atoms with Gasteiger partial charge in [-0.1, -0.05) is 80.9 Å². The predicted octanol–water partition coefficient (Wildman–Crippen LogP) is 11.1. The van der Waals surface area contributed by atoms with Crippen molar-refractivity contribution >= 4 is 60.8 Å². The molecule has 0 saturated heterocycles. The van der Waals surface area contributed by atoms with Gasteiger partial charge in [0.25, 0.3) is 0 Å². The summed E-state index contributed by atoms with van der Waals surface area (Å²) in [6.45, 7) is 13.0. The van der Waals surface area contributed by atoms with E-state index in [1.165, 1.54) is 32.9 Å². The molecular weight excluding hydrogens is 874 g/mol. The van der Waals surface area contributed by atoms with E-state index < -0.39 is 0 Å².